The van der Waals surface area contributed by atoms with Gasteiger partial charge in [-0.25, -0.2) is 19.6 Å². The highest BCUT2D eigenvalue weighted by atomic mass is 16.5. The van der Waals surface area contributed by atoms with Gasteiger partial charge < -0.3 is 39.9 Å². The number of aromatic amines is 2. The number of nitrogens with one attached hydrogen (secondary N) is 4. The minimum atomic E-state index is -0.696. The average Bonchev–Trinajstić information content (AvgIpc) is 3.95. The molecule has 0 radical (unpaired) electrons. The van der Waals surface area contributed by atoms with Crippen molar-refractivity contribution in [1.82, 2.24) is 40.4 Å². The van der Waals surface area contributed by atoms with Gasteiger partial charge in [-0.05, 0) is 104 Å². The van der Waals surface area contributed by atoms with E-state index >= 15 is 0 Å². The van der Waals surface area contributed by atoms with Gasteiger partial charge in [-0.3, -0.25) is 9.59 Å². The summed E-state index contributed by atoms with van der Waals surface area (Å²) in [6, 6.07) is 12.1. The van der Waals surface area contributed by atoms with Crippen LogP contribution < -0.4 is 10.6 Å². The molecule has 2 saturated carbocycles. The Morgan fingerprint density at radius 3 is 2.03 bits per heavy atom. The van der Waals surface area contributed by atoms with E-state index in [1.165, 1.54) is 27.1 Å². The fraction of sp³-hybridized carbons (Fsp3) is 0.511. The van der Waals surface area contributed by atoms with Gasteiger partial charge in [0.15, 0.2) is 0 Å². The Kier molecular flexibility index (Phi) is 10.9. The van der Waals surface area contributed by atoms with Crippen LogP contribution in [-0.2, 0) is 19.1 Å². The molecule has 4 aromatic rings. The third-order valence-electron chi connectivity index (χ3n) is 12.7. The zero-order valence-corrected chi connectivity index (χ0v) is 34.6. The Bertz CT molecular complexity index is 2290. The standard InChI is InChI=1S/C45H54N8O6/c1-25(2)37(50-43(56)58-5)41(54)52-23-31(29-14-15-29)20-35(52)39-46-22-34(49-39)30-12-9-27(10-13-30)7-8-28-11-16-32-33(19-28)48-40(47-32)36-21-45(17-18-45)24-53(36)42(55)38(26(3)4)51-44(57)59-6/h9-13,16,19,22,25-26,29,31,35-38H,14-15,17-18,20-21,23-24H2,1-6H3,(H,46,49)(H,47,48)(H,50,56)(H,51,57)/t31-,35-,36-,37-,38-/m0/s1. The molecule has 4 N–H and O–H groups in total. The van der Waals surface area contributed by atoms with Crippen molar-refractivity contribution in [3.63, 3.8) is 0 Å². The molecule has 2 aromatic heterocycles. The number of likely N-dealkylation sites (tertiary alicyclic amines) is 2. The summed E-state index contributed by atoms with van der Waals surface area (Å²) in [4.78, 5) is 72.5. The highest BCUT2D eigenvalue weighted by Gasteiger charge is 2.55. The summed E-state index contributed by atoms with van der Waals surface area (Å²) in [5, 5.41) is 5.49. The summed E-state index contributed by atoms with van der Waals surface area (Å²) in [5.74, 6) is 8.64. The number of alkyl carbamates (subject to hydrolysis) is 2. The maximum Gasteiger partial charge on any atom is 0.407 e. The highest BCUT2D eigenvalue weighted by molar-refractivity contribution is 5.87. The number of rotatable bonds is 10. The number of aromatic nitrogens is 4. The van der Waals surface area contributed by atoms with Crippen LogP contribution in [0.25, 0.3) is 22.3 Å². The highest BCUT2D eigenvalue weighted by Crippen LogP contribution is 2.58. The Labute approximate surface area is 344 Å². The number of ether oxygens (including phenoxy) is 2. The van der Waals surface area contributed by atoms with E-state index in [9.17, 15) is 19.2 Å². The predicted molar refractivity (Wildman–Crippen MR) is 220 cm³/mol. The number of nitrogens with zero attached hydrogens (tertiary/aromatic N) is 4. The van der Waals surface area contributed by atoms with Crippen LogP contribution in [0.5, 0.6) is 0 Å². The molecule has 8 rings (SSSR count). The number of amides is 4. The molecule has 0 bridgehead atoms. The molecule has 310 valence electrons. The fourth-order valence-corrected chi connectivity index (χ4v) is 8.90. The summed E-state index contributed by atoms with van der Waals surface area (Å²) in [6.07, 6.45) is 6.78. The van der Waals surface area contributed by atoms with E-state index in [4.69, 9.17) is 19.4 Å². The first-order valence-corrected chi connectivity index (χ1v) is 20.8. The lowest BCUT2D eigenvalue weighted by molar-refractivity contribution is -0.136. The van der Waals surface area contributed by atoms with Crippen LogP contribution >= 0.6 is 0 Å². The largest absolute Gasteiger partial charge is 0.453 e. The second-order valence-electron chi connectivity index (χ2n) is 17.6. The maximum absolute atomic E-state index is 13.9. The molecule has 2 aromatic carbocycles. The van der Waals surface area contributed by atoms with Gasteiger partial charge in [-0.1, -0.05) is 51.7 Å². The topological polar surface area (TPSA) is 175 Å². The quantitative estimate of drug-likeness (QED) is 0.132. The van der Waals surface area contributed by atoms with Gasteiger partial charge in [-0.15, -0.1) is 0 Å². The summed E-state index contributed by atoms with van der Waals surface area (Å²) in [5.41, 5.74) is 5.25. The third-order valence-corrected chi connectivity index (χ3v) is 12.7. The van der Waals surface area contributed by atoms with E-state index in [0.29, 0.717) is 24.9 Å². The second-order valence-corrected chi connectivity index (χ2v) is 17.6. The number of carbonyl (C=O) groups excluding carboxylic acids is 4. The van der Waals surface area contributed by atoms with Crippen molar-refractivity contribution < 1.29 is 28.7 Å². The first kappa shape index (κ1) is 40.0. The van der Waals surface area contributed by atoms with E-state index in [0.717, 1.165) is 70.7 Å². The Balaban J connectivity index is 0.959. The number of hydrogen-bond acceptors (Lipinski definition) is 8. The number of fused-ring (bicyclic) bond motifs is 1. The van der Waals surface area contributed by atoms with Gasteiger partial charge in [0.2, 0.25) is 11.8 Å². The van der Waals surface area contributed by atoms with E-state index < -0.39 is 24.3 Å². The number of benzene rings is 2. The van der Waals surface area contributed by atoms with Crippen LogP contribution in [0.1, 0.15) is 101 Å². The number of H-pyrrole nitrogens is 2. The molecule has 2 saturated heterocycles. The molecule has 2 aliphatic heterocycles. The van der Waals surface area contributed by atoms with Gasteiger partial charge in [0.1, 0.15) is 23.7 Å². The summed E-state index contributed by atoms with van der Waals surface area (Å²) >= 11 is 0. The monoisotopic (exact) mass is 802 g/mol. The lowest BCUT2D eigenvalue weighted by Crippen LogP contribution is -2.51. The SMILES string of the molecule is COC(=O)N[C@H](C(=O)N1C[C@@H](C2CC2)C[C@H]1c1ncc(-c2ccc(C#Cc3ccc4nc([C@@H]5CC6(CC6)CN5C(=O)[C@@H](NC(=O)OC)C(C)C)[nH]c4c3)cc2)[nH]1)C(C)C. The Hall–Kier alpha value is -5.84. The maximum atomic E-state index is 13.9. The molecular weight excluding hydrogens is 749 g/mol. The van der Waals surface area contributed by atoms with Crippen molar-refractivity contribution in [3.05, 3.63) is 71.4 Å². The molecule has 59 heavy (non-hydrogen) atoms. The fourth-order valence-electron chi connectivity index (χ4n) is 8.90. The van der Waals surface area contributed by atoms with Gasteiger partial charge in [0.05, 0.1) is 49.2 Å². The first-order chi connectivity index (χ1) is 28.3. The van der Waals surface area contributed by atoms with Crippen LogP contribution in [0.3, 0.4) is 0 Å². The van der Waals surface area contributed by atoms with Gasteiger partial charge in [0.25, 0.3) is 0 Å². The van der Waals surface area contributed by atoms with E-state index in [1.54, 1.807) is 0 Å². The molecular formula is C45H54N8O6. The van der Waals surface area contributed by atoms with E-state index in [2.05, 4.69) is 32.4 Å². The van der Waals surface area contributed by atoms with Crippen molar-refractivity contribution in [2.75, 3.05) is 27.3 Å². The van der Waals surface area contributed by atoms with Crippen LogP contribution in [0.2, 0.25) is 0 Å². The van der Waals surface area contributed by atoms with Crippen LogP contribution in [-0.4, -0.2) is 93.1 Å². The van der Waals surface area contributed by atoms with E-state index in [1.807, 2.05) is 86.2 Å². The Morgan fingerprint density at radius 2 is 1.42 bits per heavy atom. The molecule has 4 heterocycles. The molecule has 2 aliphatic carbocycles. The second kappa shape index (κ2) is 16.1. The van der Waals surface area contributed by atoms with E-state index in [-0.39, 0.29) is 41.1 Å². The molecule has 14 nitrogen and oxygen atoms in total. The minimum absolute atomic E-state index is 0.109. The molecule has 14 heteroatoms. The van der Waals surface area contributed by atoms with Crippen molar-refractivity contribution >= 4 is 35.0 Å². The van der Waals surface area contributed by atoms with Crippen LogP contribution in [0.4, 0.5) is 9.59 Å². The summed E-state index contributed by atoms with van der Waals surface area (Å²) in [7, 11) is 2.60. The lowest BCUT2D eigenvalue weighted by Gasteiger charge is -2.30. The van der Waals surface area contributed by atoms with Crippen LogP contribution in [0.15, 0.2) is 48.7 Å². The minimum Gasteiger partial charge on any atom is -0.453 e. The average molecular weight is 803 g/mol. The molecule has 1 spiro atoms. The third kappa shape index (κ3) is 8.38. The van der Waals surface area contributed by atoms with Crippen molar-refractivity contribution in [1.29, 1.82) is 0 Å². The normalized spacial score (nSPS) is 21.7. The van der Waals surface area contributed by atoms with Gasteiger partial charge in [-0.2, -0.15) is 0 Å². The molecule has 0 unspecified atom stereocenters. The van der Waals surface area contributed by atoms with Crippen molar-refractivity contribution in [2.45, 2.75) is 90.4 Å². The van der Waals surface area contributed by atoms with Gasteiger partial charge >= 0.3 is 12.2 Å². The number of carbonyl (C=O) groups is 4. The number of imidazole rings is 2. The predicted octanol–water partition coefficient (Wildman–Crippen LogP) is 6.47. The number of hydrogen-bond donors (Lipinski definition) is 4. The zero-order valence-electron chi connectivity index (χ0n) is 34.6. The van der Waals surface area contributed by atoms with Gasteiger partial charge in [0, 0.05) is 24.2 Å². The molecule has 4 amide bonds. The zero-order chi connectivity index (χ0) is 41.6. The van der Waals surface area contributed by atoms with Crippen LogP contribution in [0, 0.1) is 40.9 Å². The summed E-state index contributed by atoms with van der Waals surface area (Å²) in [6.45, 7) is 8.97. The smallest absolute Gasteiger partial charge is 0.407 e. The Morgan fingerprint density at radius 1 is 0.797 bits per heavy atom. The molecule has 5 atom stereocenters. The lowest BCUT2D eigenvalue weighted by atomic mass is 10.0. The first-order valence-electron chi connectivity index (χ1n) is 20.8. The summed E-state index contributed by atoms with van der Waals surface area (Å²) < 4.78 is 9.63. The molecule has 4 aliphatic rings. The molecule has 4 fully saturated rings. The van der Waals surface area contributed by atoms with Crippen molar-refractivity contribution in [3.8, 4) is 23.1 Å². The van der Waals surface area contributed by atoms with Crippen molar-refractivity contribution in [2.24, 2.45) is 29.1 Å². The number of methoxy groups -OCH3 is 2.